The summed E-state index contributed by atoms with van der Waals surface area (Å²) >= 11 is 0. The second-order valence-corrected chi connectivity index (χ2v) is 13.4. The lowest BCUT2D eigenvalue weighted by molar-refractivity contribution is 0.400. The summed E-state index contributed by atoms with van der Waals surface area (Å²) in [5, 5.41) is 6.86. The Kier molecular flexibility index (Phi) is 4.34. The maximum Gasteiger partial charge on any atom is 0.128 e. The second kappa shape index (κ2) is 7.19. The molecule has 1 atom stereocenters. The average Bonchev–Trinajstić information content (AvgIpc) is 3.28. The maximum atomic E-state index is 6.32. The van der Waals surface area contributed by atoms with Gasteiger partial charge in [0.25, 0.3) is 0 Å². The van der Waals surface area contributed by atoms with E-state index in [-0.39, 0.29) is 5.16 Å². The van der Waals surface area contributed by atoms with E-state index < -0.39 is 7.92 Å². The van der Waals surface area contributed by atoms with Crippen molar-refractivity contribution < 1.29 is 4.74 Å². The van der Waals surface area contributed by atoms with Crippen LogP contribution >= 0.6 is 7.92 Å². The zero-order valence-corrected chi connectivity index (χ0v) is 21.9. The number of ether oxygens (including phenoxy) is 1. The van der Waals surface area contributed by atoms with Crippen LogP contribution in [0.15, 0.2) is 72.8 Å². The Hall–Kier alpha value is -3.15. The number of aryl methyl sites for hydroxylation is 3. The van der Waals surface area contributed by atoms with Crippen molar-refractivity contribution in [3.8, 4) is 28.0 Å². The lowest BCUT2D eigenvalue weighted by Gasteiger charge is -2.35. The molecule has 2 bridgehead atoms. The standard InChI is InChI=1S/C33H29OP/c1-19-15-20(2)29(21(3)16-19)31-24-10-7-6-9-23(24)30-26-11-8-12-28-32(26)35(18-34-28)33(4,5)22-13-14-25(31)27(30)17-22/h6-17H,18H2,1-5H3. The predicted octanol–water partition coefficient (Wildman–Crippen LogP) is 8.96. The molecular formula is C33H29OP. The van der Waals surface area contributed by atoms with E-state index in [1.54, 1.807) is 0 Å². The van der Waals surface area contributed by atoms with Gasteiger partial charge in [0.15, 0.2) is 0 Å². The SMILES string of the molecule is Cc1cc(C)c(-c2c3ccccc3c3c4cc(ccc24)C(C)(C)P2COc4cccc-3c42)c(C)c1. The minimum atomic E-state index is -0.483. The first kappa shape index (κ1) is 21.2. The number of hydrogen-bond acceptors (Lipinski definition) is 1. The van der Waals surface area contributed by atoms with Crippen molar-refractivity contribution in [2.75, 3.05) is 6.35 Å². The minimum absolute atomic E-state index is 0.0457. The molecule has 0 spiro atoms. The van der Waals surface area contributed by atoms with E-state index in [4.69, 9.17) is 4.74 Å². The summed E-state index contributed by atoms with van der Waals surface area (Å²) in [6.07, 6.45) is 0.805. The topological polar surface area (TPSA) is 9.23 Å². The molecular weight excluding hydrogens is 443 g/mol. The highest BCUT2D eigenvalue weighted by Gasteiger charge is 2.41. The van der Waals surface area contributed by atoms with Crippen LogP contribution in [0.4, 0.5) is 0 Å². The van der Waals surface area contributed by atoms with Crippen molar-refractivity contribution in [1.29, 1.82) is 0 Å². The first-order valence-electron chi connectivity index (χ1n) is 12.5. The third kappa shape index (κ3) is 2.79. The molecule has 2 aliphatic heterocycles. The summed E-state index contributed by atoms with van der Waals surface area (Å²) in [4.78, 5) is 0. The van der Waals surface area contributed by atoms with Crippen LogP contribution in [0.25, 0.3) is 43.8 Å². The molecule has 172 valence electrons. The van der Waals surface area contributed by atoms with Gasteiger partial charge in [-0.15, -0.1) is 0 Å². The molecule has 0 aromatic heterocycles. The Balaban J connectivity index is 1.74. The van der Waals surface area contributed by atoms with E-state index in [2.05, 4.69) is 107 Å². The van der Waals surface area contributed by atoms with Gasteiger partial charge in [-0.05, 0) is 101 Å². The van der Waals surface area contributed by atoms with Crippen molar-refractivity contribution in [2.45, 2.75) is 39.8 Å². The Bertz CT molecular complexity index is 1690. The largest absolute Gasteiger partial charge is 0.488 e. The molecule has 5 aromatic rings. The minimum Gasteiger partial charge on any atom is -0.488 e. The maximum absolute atomic E-state index is 6.32. The molecule has 0 saturated heterocycles. The third-order valence-electron chi connectivity index (χ3n) is 8.22. The Morgan fingerprint density at radius 2 is 1.37 bits per heavy atom. The molecule has 1 nitrogen and oxygen atoms in total. The lowest BCUT2D eigenvalue weighted by atomic mass is 9.82. The first-order valence-corrected chi connectivity index (χ1v) is 14.0. The summed E-state index contributed by atoms with van der Waals surface area (Å²) < 4.78 is 6.32. The van der Waals surface area contributed by atoms with Crippen LogP contribution in [0, 0.1) is 20.8 Å². The third-order valence-corrected chi connectivity index (χ3v) is 11.2. The van der Waals surface area contributed by atoms with E-state index in [0.29, 0.717) is 0 Å². The van der Waals surface area contributed by atoms with Crippen LogP contribution in [0.3, 0.4) is 0 Å². The van der Waals surface area contributed by atoms with Crippen LogP contribution < -0.4 is 10.0 Å². The average molecular weight is 473 g/mol. The fraction of sp³-hybridized carbons (Fsp3) is 0.212. The van der Waals surface area contributed by atoms with Gasteiger partial charge in [0.2, 0.25) is 0 Å². The molecule has 7 rings (SSSR count). The highest BCUT2D eigenvalue weighted by molar-refractivity contribution is 7.67. The van der Waals surface area contributed by atoms with Crippen molar-refractivity contribution in [3.05, 3.63) is 95.1 Å². The van der Waals surface area contributed by atoms with E-state index in [1.807, 2.05) is 0 Å². The van der Waals surface area contributed by atoms with Crippen molar-refractivity contribution in [2.24, 2.45) is 0 Å². The number of fused-ring (bicyclic) bond motifs is 4. The molecule has 35 heavy (non-hydrogen) atoms. The quantitative estimate of drug-likeness (QED) is 0.175. The molecule has 0 saturated carbocycles. The molecule has 2 aliphatic rings. The summed E-state index contributed by atoms with van der Waals surface area (Å²) in [7, 11) is -0.483. The van der Waals surface area contributed by atoms with E-state index in [1.165, 1.54) is 71.4 Å². The van der Waals surface area contributed by atoms with Crippen molar-refractivity contribution >= 4 is 34.8 Å². The molecule has 2 heteroatoms. The molecule has 0 amide bonds. The van der Waals surface area contributed by atoms with Gasteiger partial charge in [0.1, 0.15) is 12.1 Å². The van der Waals surface area contributed by atoms with Crippen LogP contribution in [0.1, 0.15) is 36.1 Å². The lowest BCUT2D eigenvalue weighted by Crippen LogP contribution is -2.22. The highest BCUT2D eigenvalue weighted by Crippen LogP contribution is 2.62. The van der Waals surface area contributed by atoms with Gasteiger partial charge in [0, 0.05) is 10.5 Å². The summed E-state index contributed by atoms with van der Waals surface area (Å²) in [5.74, 6) is 1.08. The number of benzene rings is 5. The normalized spacial score (nSPS) is 17.3. The zero-order valence-electron chi connectivity index (χ0n) is 21.0. The molecule has 0 N–H and O–H groups in total. The molecule has 0 aliphatic carbocycles. The van der Waals surface area contributed by atoms with Gasteiger partial charge in [-0.2, -0.15) is 0 Å². The van der Waals surface area contributed by atoms with E-state index in [9.17, 15) is 0 Å². The number of hydrogen-bond donors (Lipinski definition) is 0. The monoisotopic (exact) mass is 472 g/mol. The van der Waals surface area contributed by atoms with Gasteiger partial charge in [-0.1, -0.05) is 80.1 Å². The molecule has 0 radical (unpaired) electrons. The second-order valence-electron chi connectivity index (χ2n) is 10.7. The van der Waals surface area contributed by atoms with Gasteiger partial charge >= 0.3 is 0 Å². The van der Waals surface area contributed by atoms with Crippen LogP contribution in [-0.4, -0.2) is 6.35 Å². The summed E-state index contributed by atoms with van der Waals surface area (Å²) in [6.45, 7) is 11.5. The van der Waals surface area contributed by atoms with Crippen LogP contribution in [0.5, 0.6) is 5.75 Å². The molecule has 0 fully saturated rings. The van der Waals surface area contributed by atoms with Gasteiger partial charge in [0.05, 0.1) is 0 Å². The van der Waals surface area contributed by atoms with Gasteiger partial charge < -0.3 is 4.74 Å². The zero-order chi connectivity index (χ0) is 24.1. The Morgan fingerprint density at radius 1 is 0.686 bits per heavy atom. The van der Waals surface area contributed by atoms with E-state index >= 15 is 0 Å². The predicted molar refractivity (Wildman–Crippen MR) is 152 cm³/mol. The first-order chi connectivity index (χ1) is 16.9. The van der Waals surface area contributed by atoms with Crippen LogP contribution in [-0.2, 0) is 5.16 Å². The number of rotatable bonds is 1. The Labute approximate surface area is 208 Å². The van der Waals surface area contributed by atoms with Gasteiger partial charge in [-0.25, -0.2) is 0 Å². The molecule has 2 heterocycles. The molecule has 5 aromatic carbocycles. The summed E-state index contributed by atoms with van der Waals surface area (Å²) in [5.41, 5.74) is 10.9. The van der Waals surface area contributed by atoms with Crippen molar-refractivity contribution in [3.63, 3.8) is 0 Å². The van der Waals surface area contributed by atoms with E-state index in [0.717, 1.165) is 12.1 Å². The van der Waals surface area contributed by atoms with Gasteiger partial charge in [-0.3, -0.25) is 0 Å². The Morgan fingerprint density at radius 3 is 2.11 bits per heavy atom. The highest BCUT2D eigenvalue weighted by atomic mass is 31.1. The molecule has 1 unspecified atom stereocenters. The smallest absolute Gasteiger partial charge is 0.128 e. The summed E-state index contributed by atoms with van der Waals surface area (Å²) in [6, 6.07) is 27.6. The van der Waals surface area contributed by atoms with Crippen LogP contribution in [0.2, 0.25) is 0 Å². The fourth-order valence-electron chi connectivity index (χ4n) is 6.61. The fourth-order valence-corrected chi connectivity index (χ4v) is 9.22. The van der Waals surface area contributed by atoms with Crippen molar-refractivity contribution in [1.82, 2.24) is 0 Å².